The molecule has 0 aromatic heterocycles. The summed E-state index contributed by atoms with van der Waals surface area (Å²) in [6.45, 7) is 6.94. The van der Waals surface area contributed by atoms with Crippen molar-refractivity contribution in [3.63, 3.8) is 0 Å². The van der Waals surface area contributed by atoms with Gasteiger partial charge in [0.05, 0.1) is 6.54 Å². The van der Waals surface area contributed by atoms with Crippen LogP contribution in [0.2, 0.25) is 0 Å². The molecule has 1 heteroatoms. The SMILES string of the molecule is CC=CC=C(C)CN=C(C)c1ccccc1. The standard InChI is InChI=1S/C15H19N/c1-4-5-9-13(2)12-16-14(3)15-10-7-6-8-11-15/h4-11H,12H2,1-3H3. The van der Waals surface area contributed by atoms with Crippen LogP contribution in [0.15, 0.2) is 59.1 Å². The summed E-state index contributed by atoms with van der Waals surface area (Å²) in [6, 6.07) is 10.3. The van der Waals surface area contributed by atoms with Crippen LogP contribution in [-0.2, 0) is 0 Å². The van der Waals surface area contributed by atoms with Crippen molar-refractivity contribution in [1.29, 1.82) is 0 Å². The van der Waals surface area contributed by atoms with E-state index in [-0.39, 0.29) is 0 Å². The van der Waals surface area contributed by atoms with E-state index < -0.39 is 0 Å². The van der Waals surface area contributed by atoms with E-state index in [1.165, 1.54) is 11.1 Å². The molecule has 1 aromatic rings. The van der Waals surface area contributed by atoms with Crippen molar-refractivity contribution in [2.24, 2.45) is 4.99 Å². The van der Waals surface area contributed by atoms with Gasteiger partial charge in [-0.25, -0.2) is 0 Å². The Morgan fingerprint density at radius 2 is 1.88 bits per heavy atom. The monoisotopic (exact) mass is 213 g/mol. The highest BCUT2D eigenvalue weighted by Crippen LogP contribution is 2.02. The van der Waals surface area contributed by atoms with Crippen LogP contribution in [0.3, 0.4) is 0 Å². The topological polar surface area (TPSA) is 12.4 Å². The molecule has 0 radical (unpaired) electrons. The molecule has 0 amide bonds. The zero-order valence-corrected chi connectivity index (χ0v) is 10.3. The fourth-order valence-electron chi connectivity index (χ4n) is 1.33. The van der Waals surface area contributed by atoms with Crippen molar-refractivity contribution >= 4 is 5.71 Å². The zero-order valence-electron chi connectivity index (χ0n) is 10.3. The Kier molecular flexibility index (Phi) is 5.27. The highest BCUT2D eigenvalue weighted by Gasteiger charge is 1.94. The molecule has 1 aromatic carbocycles. The lowest BCUT2D eigenvalue weighted by molar-refractivity contribution is 1.13. The smallest absolute Gasteiger partial charge is 0.0603 e. The molecule has 0 aliphatic heterocycles. The third-order valence-corrected chi connectivity index (χ3v) is 2.33. The maximum atomic E-state index is 4.56. The number of allylic oxidation sites excluding steroid dienone is 3. The van der Waals surface area contributed by atoms with Crippen LogP contribution >= 0.6 is 0 Å². The molecular formula is C15H19N. The first-order valence-electron chi connectivity index (χ1n) is 5.59. The molecule has 0 heterocycles. The fourth-order valence-corrected chi connectivity index (χ4v) is 1.33. The molecule has 0 spiro atoms. The van der Waals surface area contributed by atoms with Gasteiger partial charge >= 0.3 is 0 Å². The lowest BCUT2D eigenvalue weighted by Gasteiger charge is -2.00. The molecule has 16 heavy (non-hydrogen) atoms. The van der Waals surface area contributed by atoms with Gasteiger partial charge in [-0.05, 0) is 26.3 Å². The second-order valence-corrected chi connectivity index (χ2v) is 3.81. The van der Waals surface area contributed by atoms with Gasteiger partial charge in [0, 0.05) is 5.71 Å². The van der Waals surface area contributed by atoms with Gasteiger partial charge in [0.15, 0.2) is 0 Å². The Morgan fingerprint density at radius 1 is 1.19 bits per heavy atom. The average molecular weight is 213 g/mol. The van der Waals surface area contributed by atoms with Gasteiger partial charge < -0.3 is 0 Å². The molecule has 84 valence electrons. The molecule has 0 aliphatic rings. The van der Waals surface area contributed by atoms with E-state index >= 15 is 0 Å². The second kappa shape index (κ2) is 6.78. The van der Waals surface area contributed by atoms with E-state index in [1.54, 1.807) is 0 Å². The van der Waals surface area contributed by atoms with Crippen LogP contribution in [0.5, 0.6) is 0 Å². The molecule has 0 saturated heterocycles. The highest BCUT2D eigenvalue weighted by atomic mass is 14.7. The van der Waals surface area contributed by atoms with Crippen LogP contribution in [-0.4, -0.2) is 12.3 Å². The van der Waals surface area contributed by atoms with Crippen LogP contribution in [0.1, 0.15) is 26.3 Å². The number of rotatable bonds is 4. The normalized spacial score (nSPS) is 13.4. The van der Waals surface area contributed by atoms with E-state index in [4.69, 9.17) is 0 Å². The van der Waals surface area contributed by atoms with Crippen LogP contribution in [0.4, 0.5) is 0 Å². The maximum Gasteiger partial charge on any atom is 0.0603 e. The Morgan fingerprint density at radius 3 is 2.50 bits per heavy atom. The van der Waals surface area contributed by atoms with E-state index in [0.29, 0.717) is 0 Å². The third kappa shape index (κ3) is 4.26. The molecule has 0 saturated carbocycles. The minimum atomic E-state index is 0.769. The first-order valence-corrected chi connectivity index (χ1v) is 5.59. The van der Waals surface area contributed by atoms with Crippen molar-refractivity contribution in [3.8, 4) is 0 Å². The average Bonchev–Trinajstić information content (AvgIpc) is 2.34. The van der Waals surface area contributed by atoms with E-state index in [1.807, 2.05) is 37.3 Å². The van der Waals surface area contributed by atoms with Crippen molar-refractivity contribution in [2.45, 2.75) is 20.8 Å². The molecule has 0 unspecified atom stereocenters. The lowest BCUT2D eigenvalue weighted by atomic mass is 10.1. The van der Waals surface area contributed by atoms with Crippen molar-refractivity contribution in [2.75, 3.05) is 6.54 Å². The number of benzene rings is 1. The molecule has 0 bridgehead atoms. The number of hydrogen-bond acceptors (Lipinski definition) is 1. The molecule has 0 atom stereocenters. The van der Waals surface area contributed by atoms with Gasteiger partial charge in [-0.2, -0.15) is 0 Å². The van der Waals surface area contributed by atoms with Crippen LogP contribution < -0.4 is 0 Å². The number of nitrogens with zero attached hydrogens (tertiary/aromatic N) is 1. The summed E-state index contributed by atoms with van der Waals surface area (Å²) in [5.74, 6) is 0. The van der Waals surface area contributed by atoms with Gasteiger partial charge in [0.1, 0.15) is 0 Å². The molecule has 1 nitrogen and oxygen atoms in total. The summed E-state index contributed by atoms with van der Waals surface area (Å²) in [7, 11) is 0. The summed E-state index contributed by atoms with van der Waals surface area (Å²) in [5, 5.41) is 0. The van der Waals surface area contributed by atoms with Crippen molar-refractivity contribution < 1.29 is 0 Å². The highest BCUT2D eigenvalue weighted by molar-refractivity contribution is 5.98. The zero-order chi connectivity index (χ0) is 11.8. The molecule has 0 fully saturated rings. The van der Waals surface area contributed by atoms with Gasteiger partial charge in [0.25, 0.3) is 0 Å². The Hall–Kier alpha value is -1.63. The van der Waals surface area contributed by atoms with Crippen molar-refractivity contribution in [1.82, 2.24) is 0 Å². The molecular weight excluding hydrogens is 194 g/mol. The van der Waals surface area contributed by atoms with Crippen LogP contribution in [0.25, 0.3) is 0 Å². The predicted octanol–water partition coefficient (Wildman–Crippen LogP) is 4.02. The minimum Gasteiger partial charge on any atom is -0.285 e. The first kappa shape index (κ1) is 12.4. The van der Waals surface area contributed by atoms with E-state index in [9.17, 15) is 0 Å². The summed E-state index contributed by atoms with van der Waals surface area (Å²) in [6.07, 6.45) is 6.17. The minimum absolute atomic E-state index is 0.769. The van der Waals surface area contributed by atoms with Crippen molar-refractivity contribution in [3.05, 3.63) is 59.7 Å². The quantitative estimate of drug-likeness (QED) is 0.529. The Labute approximate surface area is 98.2 Å². The first-order chi connectivity index (χ1) is 7.74. The second-order valence-electron chi connectivity index (χ2n) is 3.81. The maximum absolute atomic E-state index is 4.56. The Balaban J connectivity index is 2.65. The van der Waals surface area contributed by atoms with E-state index in [0.717, 1.165) is 12.3 Å². The largest absolute Gasteiger partial charge is 0.285 e. The van der Waals surface area contributed by atoms with Gasteiger partial charge in [-0.15, -0.1) is 0 Å². The Bertz CT molecular complexity index is 397. The summed E-state index contributed by atoms with van der Waals surface area (Å²) < 4.78 is 0. The lowest BCUT2D eigenvalue weighted by Crippen LogP contribution is -1.96. The summed E-state index contributed by atoms with van der Waals surface area (Å²) >= 11 is 0. The fraction of sp³-hybridized carbons (Fsp3) is 0.267. The molecule has 1 rings (SSSR count). The summed E-state index contributed by atoms with van der Waals surface area (Å²) in [4.78, 5) is 4.56. The molecule has 0 aliphatic carbocycles. The molecule has 0 N–H and O–H groups in total. The van der Waals surface area contributed by atoms with Gasteiger partial charge in [0.2, 0.25) is 0 Å². The third-order valence-electron chi connectivity index (χ3n) is 2.33. The van der Waals surface area contributed by atoms with Gasteiger partial charge in [-0.3, -0.25) is 4.99 Å². The van der Waals surface area contributed by atoms with E-state index in [2.05, 4.69) is 37.0 Å². The number of hydrogen-bond donors (Lipinski definition) is 0. The van der Waals surface area contributed by atoms with Gasteiger partial charge in [-0.1, -0.05) is 54.1 Å². The number of aliphatic imine (C=N–C) groups is 1. The summed E-state index contributed by atoms with van der Waals surface area (Å²) in [5.41, 5.74) is 3.56. The predicted molar refractivity (Wildman–Crippen MR) is 72.1 cm³/mol. The van der Waals surface area contributed by atoms with Crippen LogP contribution in [0, 0.1) is 0 Å².